The molecule has 3 aromatic rings. The Morgan fingerprint density at radius 3 is 2.54 bits per heavy atom. The van der Waals surface area contributed by atoms with Crippen molar-refractivity contribution in [2.45, 2.75) is 25.4 Å². The van der Waals surface area contributed by atoms with Gasteiger partial charge in [0.25, 0.3) is 5.91 Å². The highest BCUT2D eigenvalue weighted by Crippen LogP contribution is 2.34. The molecule has 132 valence electrons. The van der Waals surface area contributed by atoms with Crippen LogP contribution >= 0.6 is 11.3 Å². The summed E-state index contributed by atoms with van der Waals surface area (Å²) < 4.78 is 5.47. The van der Waals surface area contributed by atoms with Gasteiger partial charge in [-0.15, -0.1) is 0 Å². The zero-order valence-electron chi connectivity index (χ0n) is 14.4. The van der Waals surface area contributed by atoms with E-state index >= 15 is 0 Å². The summed E-state index contributed by atoms with van der Waals surface area (Å²) in [6.45, 7) is 0.657. The Labute approximate surface area is 156 Å². The van der Waals surface area contributed by atoms with Gasteiger partial charge in [0, 0.05) is 13.0 Å². The standard InChI is InChI=1S/C21H20N2O2S/c24-20(18-12-7-13-25-18)23-21-22-17(14-15-8-3-1-4-9-15)19(26-21)16-10-5-2-6-11-16/h1-6,8-11,18H,7,12-14H2,(H,22,23,24). The molecule has 0 saturated carbocycles. The molecular weight excluding hydrogens is 344 g/mol. The Morgan fingerprint density at radius 2 is 1.85 bits per heavy atom. The first-order chi connectivity index (χ1) is 12.8. The van der Waals surface area contributed by atoms with Crippen molar-refractivity contribution in [2.24, 2.45) is 0 Å². The number of nitrogens with zero attached hydrogens (tertiary/aromatic N) is 1. The van der Waals surface area contributed by atoms with Gasteiger partial charge in [-0.2, -0.15) is 0 Å². The maximum Gasteiger partial charge on any atom is 0.255 e. The van der Waals surface area contributed by atoms with Crippen LogP contribution in [-0.2, 0) is 16.0 Å². The minimum Gasteiger partial charge on any atom is -0.368 e. The minimum absolute atomic E-state index is 0.0953. The number of ether oxygens (including phenoxy) is 1. The van der Waals surface area contributed by atoms with Gasteiger partial charge < -0.3 is 4.74 Å². The molecule has 1 N–H and O–H groups in total. The first kappa shape index (κ1) is 16.9. The summed E-state index contributed by atoms with van der Waals surface area (Å²) in [6, 6.07) is 20.5. The molecule has 2 aromatic carbocycles. The van der Waals surface area contributed by atoms with E-state index in [1.165, 1.54) is 16.9 Å². The number of amides is 1. The highest BCUT2D eigenvalue weighted by atomic mass is 32.1. The normalized spacial score (nSPS) is 16.5. The SMILES string of the molecule is O=C(Nc1nc(Cc2ccccc2)c(-c2ccccc2)s1)C1CCCO1. The number of hydrogen-bond donors (Lipinski definition) is 1. The largest absolute Gasteiger partial charge is 0.368 e. The molecule has 1 saturated heterocycles. The number of rotatable bonds is 5. The summed E-state index contributed by atoms with van der Waals surface area (Å²) in [6.07, 6.45) is 2.10. The molecule has 0 bridgehead atoms. The van der Waals surface area contributed by atoms with E-state index in [-0.39, 0.29) is 12.0 Å². The highest BCUT2D eigenvalue weighted by molar-refractivity contribution is 7.19. The van der Waals surface area contributed by atoms with E-state index in [1.54, 1.807) is 0 Å². The van der Waals surface area contributed by atoms with Gasteiger partial charge in [0.1, 0.15) is 6.10 Å². The van der Waals surface area contributed by atoms with Crippen LogP contribution < -0.4 is 5.32 Å². The number of carbonyl (C=O) groups is 1. The van der Waals surface area contributed by atoms with E-state index in [4.69, 9.17) is 9.72 Å². The number of nitrogens with one attached hydrogen (secondary N) is 1. The van der Waals surface area contributed by atoms with Crippen LogP contribution in [0, 0.1) is 0 Å². The predicted octanol–water partition coefficient (Wildman–Crippen LogP) is 4.52. The zero-order valence-corrected chi connectivity index (χ0v) is 15.2. The van der Waals surface area contributed by atoms with Crippen LogP contribution in [0.15, 0.2) is 60.7 Å². The molecule has 4 nitrogen and oxygen atoms in total. The molecule has 1 amide bonds. The van der Waals surface area contributed by atoms with Gasteiger partial charge in [-0.25, -0.2) is 4.98 Å². The number of carbonyl (C=O) groups excluding carboxylic acids is 1. The highest BCUT2D eigenvalue weighted by Gasteiger charge is 2.25. The van der Waals surface area contributed by atoms with Crippen molar-refractivity contribution >= 4 is 22.4 Å². The van der Waals surface area contributed by atoms with E-state index in [0.29, 0.717) is 11.7 Å². The summed E-state index contributed by atoms with van der Waals surface area (Å²) in [5, 5.41) is 3.58. The molecule has 1 aliphatic rings. The first-order valence-corrected chi connectivity index (χ1v) is 9.63. The molecule has 1 fully saturated rings. The topological polar surface area (TPSA) is 51.2 Å². The van der Waals surface area contributed by atoms with Crippen molar-refractivity contribution in [3.8, 4) is 10.4 Å². The summed E-state index contributed by atoms with van der Waals surface area (Å²) >= 11 is 1.52. The van der Waals surface area contributed by atoms with Crippen LogP contribution in [-0.4, -0.2) is 23.6 Å². The second-order valence-electron chi connectivity index (χ2n) is 6.31. The van der Waals surface area contributed by atoms with Gasteiger partial charge >= 0.3 is 0 Å². The molecule has 1 unspecified atom stereocenters. The number of anilines is 1. The summed E-state index contributed by atoms with van der Waals surface area (Å²) in [4.78, 5) is 18.2. The maximum atomic E-state index is 12.4. The number of benzene rings is 2. The molecule has 2 heterocycles. The van der Waals surface area contributed by atoms with Crippen LogP contribution in [0.2, 0.25) is 0 Å². The fourth-order valence-corrected chi connectivity index (χ4v) is 4.09. The van der Waals surface area contributed by atoms with Crippen molar-refractivity contribution < 1.29 is 9.53 Å². The van der Waals surface area contributed by atoms with E-state index in [9.17, 15) is 4.79 Å². The zero-order chi connectivity index (χ0) is 17.8. The molecule has 26 heavy (non-hydrogen) atoms. The van der Waals surface area contributed by atoms with Crippen molar-refractivity contribution in [3.05, 3.63) is 71.9 Å². The minimum atomic E-state index is -0.350. The second-order valence-corrected chi connectivity index (χ2v) is 7.31. The number of thiazole rings is 1. The van der Waals surface area contributed by atoms with Crippen LogP contribution in [0.3, 0.4) is 0 Å². The molecule has 0 radical (unpaired) electrons. The number of hydrogen-bond acceptors (Lipinski definition) is 4. The lowest BCUT2D eigenvalue weighted by molar-refractivity contribution is -0.124. The smallest absolute Gasteiger partial charge is 0.255 e. The third kappa shape index (κ3) is 3.84. The summed E-state index contributed by atoms with van der Waals surface area (Å²) in [5.74, 6) is -0.0953. The molecule has 0 spiro atoms. The van der Waals surface area contributed by atoms with Crippen LogP contribution in [0.25, 0.3) is 10.4 Å². The van der Waals surface area contributed by atoms with Crippen LogP contribution in [0.1, 0.15) is 24.1 Å². The monoisotopic (exact) mass is 364 g/mol. The molecule has 4 rings (SSSR count). The lowest BCUT2D eigenvalue weighted by Crippen LogP contribution is -2.26. The summed E-state index contributed by atoms with van der Waals surface area (Å²) in [7, 11) is 0. The predicted molar refractivity (Wildman–Crippen MR) is 104 cm³/mol. The molecular formula is C21H20N2O2S. The van der Waals surface area contributed by atoms with Crippen LogP contribution in [0.5, 0.6) is 0 Å². The third-order valence-electron chi connectivity index (χ3n) is 4.40. The fraction of sp³-hybridized carbons (Fsp3) is 0.238. The lowest BCUT2D eigenvalue weighted by Gasteiger charge is -2.07. The quantitative estimate of drug-likeness (QED) is 0.724. The van der Waals surface area contributed by atoms with Gasteiger partial charge in [0.2, 0.25) is 0 Å². The van der Waals surface area contributed by atoms with E-state index < -0.39 is 0 Å². The van der Waals surface area contributed by atoms with Crippen molar-refractivity contribution in [2.75, 3.05) is 11.9 Å². The first-order valence-electron chi connectivity index (χ1n) is 8.81. The Hall–Kier alpha value is -2.50. The Kier molecular flexibility index (Phi) is 5.09. The van der Waals surface area contributed by atoms with Crippen molar-refractivity contribution in [3.63, 3.8) is 0 Å². The van der Waals surface area contributed by atoms with Gasteiger partial charge in [0.05, 0.1) is 10.6 Å². The lowest BCUT2D eigenvalue weighted by atomic mass is 10.1. The Balaban J connectivity index is 1.62. The van der Waals surface area contributed by atoms with Gasteiger partial charge in [0.15, 0.2) is 5.13 Å². The molecule has 1 atom stereocenters. The molecule has 1 aromatic heterocycles. The second kappa shape index (κ2) is 7.81. The van der Waals surface area contributed by atoms with Crippen molar-refractivity contribution in [1.82, 2.24) is 4.98 Å². The van der Waals surface area contributed by atoms with Gasteiger partial charge in [-0.05, 0) is 24.0 Å². The Morgan fingerprint density at radius 1 is 1.12 bits per heavy atom. The van der Waals surface area contributed by atoms with E-state index in [2.05, 4.69) is 29.6 Å². The van der Waals surface area contributed by atoms with E-state index in [1.807, 2.05) is 36.4 Å². The van der Waals surface area contributed by atoms with Crippen molar-refractivity contribution in [1.29, 1.82) is 0 Å². The third-order valence-corrected chi connectivity index (χ3v) is 5.46. The average Bonchev–Trinajstić information content (AvgIpc) is 3.34. The average molecular weight is 364 g/mol. The summed E-state index contributed by atoms with van der Waals surface area (Å²) in [5.41, 5.74) is 3.30. The van der Waals surface area contributed by atoms with E-state index in [0.717, 1.165) is 35.4 Å². The van der Waals surface area contributed by atoms with Gasteiger partial charge in [-0.3, -0.25) is 10.1 Å². The molecule has 0 aliphatic carbocycles. The van der Waals surface area contributed by atoms with Crippen LogP contribution in [0.4, 0.5) is 5.13 Å². The van der Waals surface area contributed by atoms with Gasteiger partial charge in [-0.1, -0.05) is 72.0 Å². The Bertz CT molecular complexity index is 872. The maximum absolute atomic E-state index is 12.4. The molecule has 5 heteroatoms. The number of aromatic nitrogens is 1. The fourth-order valence-electron chi connectivity index (χ4n) is 3.10. The molecule has 1 aliphatic heterocycles.